The Balaban J connectivity index is 2.38. The van der Waals surface area contributed by atoms with Gasteiger partial charge >= 0.3 is 0 Å². The minimum atomic E-state index is -0.0713. The zero-order chi connectivity index (χ0) is 13.8. The van der Waals surface area contributed by atoms with Crippen LogP contribution in [0.1, 0.15) is 25.2 Å². The Kier molecular flexibility index (Phi) is 4.06. The third kappa shape index (κ3) is 2.71. The van der Waals surface area contributed by atoms with Gasteiger partial charge in [-0.25, -0.2) is 4.98 Å². The highest BCUT2D eigenvalue weighted by Gasteiger charge is 2.12. The van der Waals surface area contributed by atoms with Crippen LogP contribution in [0.25, 0.3) is 11.3 Å². The smallest absolute Gasteiger partial charge is 0.131 e. The average molecular weight is 261 g/mol. The highest BCUT2D eigenvalue weighted by Crippen LogP contribution is 2.32. The van der Waals surface area contributed by atoms with Gasteiger partial charge < -0.3 is 20.2 Å². The number of nitrogens with two attached hydrogens (primary N) is 1. The van der Waals surface area contributed by atoms with E-state index < -0.39 is 0 Å². The Morgan fingerprint density at radius 3 is 2.74 bits per heavy atom. The number of hydrogen-bond acceptors (Lipinski definition) is 4. The van der Waals surface area contributed by atoms with Crippen molar-refractivity contribution in [1.82, 2.24) is 9.97 Å². The molecular formula is C14H19N3O2. The summed E-state index contributed by atoms with van der Waals surface area (Å²) in [6.07, 6.45) is 2.61. The van der Waals surface area contributed by atoms with Gasteiger partial charge in [0.05, 0.1) is 32.2 Å². The number of methoxy groups -OCH3 is 2. The molecule has 0 amide bonds. The highest BCUT2D eigenvalue weighted by molar-refractivity contribution is 5.68. The van der Waals surface area contributed by atoms with Crippen molar-refractivity contribution >= 4 is 0 Å². The van der Waals surface area contributed by atoms with Gasteiger partial charge in [-0.05, 0) is 18.6 Å². The molecule has 1 aromatic carbocycles. The predicted octanol–water partition coefficient (Wildman–Crippen LogP) is 2.50. The number of aromatic nitrogens is 2. The number of hydrogen-bond donors (Lipinski definition) is 2. The third-order valence-corrected chi connectivity index (χ3v) is 3.09. The van der Waals surface area contributed by atoms with E-state index in [4.69, 9.17) is 15.2 Å². The fraction of sp³-hybridized carbons (Fsp3) is 0.357. The minimum absolute atomic E-state index is 0.0713. The maximum Gasteiger partial charge on any atom is 0.131 e. The first-order valence-corrected chi connectivity index (χ1v) is 6.22. The lowest BCUT2D eigenvalue weighted by molar-refractivity contribution is 0.395. The van der Waals surface area contributed by atoms with Gasteiger partial charge in [-0.1, -0.05) is 6.92 Å². The Morgan fingerprint density at radius 2 is 2.11 bits per heavy atom. The number of imidazole rings is 1. The summed E-state index contributed by atoms with van der Waals surface area (Å²) in [6.45, 7) is 2.03. The molecule has 0 radical (unpaired) electrons. The van der Waals surface area contributed by atoms with Gasteiger partial charge in [0.15, 0.2) is 0 Å². The molecule has 0 aliphatic heterocycles. The molecule has 0 aliphatic carbocycles. The second kappa shape index (κ2) is 5.75. The van der Waals surface area contributed by atoms with Crippen LogP contribution in [0.4, 0.5) is 0 Å². The largest absolute Gasteiger partial charge is 0.497 e. The number of aromatic amines is 1. The standard InChI is InChI=1S/C14H19N3O2/c1-4-11(15)14-16-8-12(17-14)10-6-5-9(18-2)7-13(10)19-3/h5-8,11H,4,15H2,1-3H3,(H,16,17). The number of H-pyrrole nitrogens is 1. The van der Waals surface area contributed by atoms with Gasteiger partial charge in [0.2, 0.25) is 0 Å². The van der Waals surface area contributed by atoms with Crippen LogP contribution in [-0.2, 0) is 0 Å². The number of ether oxygens (including phenoxy) is 2. The van der Waals surface area contributed by atoms with Crippen molar-refractivity contribution in [2.45, 2.75) is 19.4 Å². The van der Waals surface area contributed by atoms with E-state index in [0.29, 0.717) is 0 Å². The van der Waals surface area contributed by atoms with Gasteiger partial charge in [-0.15, -0.1) is 0 Å². The molecule has 5 nitrogen and oxygen atoms in total. The molecule has 19 heavy (non-hydrogen) atoms. The Labute approximate surface area is 112 Å². The molecule has 2 rings (SSSR count). The van der Waals surface area contributed by atoms with Crippen molar-refractivity contribution in [2.24, 2.45) is 5.73 Å². The van der Waals surface area contributed by atoms with Crippen molar-refractivity contribution in [1.29, 1.82) is 0 Å². The predicted molar refractivity (Wildman–Crippen MR) is 74.3 cm³/mol. The summed E-state index contributed by atoms with van der Waals surface area (Å²) >= 11 is 0. The summed E-state index contributed by atoms with van der Waals surface area (Å²) in [4.78, 5) is 7.55. The molecule has 0 aliphatic rings. The van der Waals surface area contributed by atoms with E-state index in [0.717, 1.165) is 35.0 Å². The molecule has 102 valence electrons. The number of rotatable bonds is 5. The second-order valence-corrected chi connectivity index (χ2v) is 4.26. The van der Waals surface area contributed by atoms with E-state index in [2.05, 4.69) is 9.97 Å². The van der Waals surface area contributed by atoms with Crippen molar-refractivity contribution in [3.8, 4) is 22.8 Å². The monoisotopic (exact) mass is 261 g/mol. The van der Waals surface area contributed by atoms with Crippen LogP contribution in [0.2, 0.25) is 0 Å². The first-order valence-electron chi connectivity index (χ1n) is 6.22. The quantitative estimate of drug-likeness (QED) is 0.867. The second-order valence-electron chi connectivity index (χ2n) is 4.26. The minimum Gasteiger partial charge on any atom is -0.497 e. The van der Waals surface area contributed by atoms with Gasteiger partial charge in [0, 0.05) is 11.6 Å². The third-order valence-electron chi connectivity index (χ3n) is 3.09. The molecule has 1 aromatic heterocycles. The fourth-order valence-corrected chi connectivity index (χ4v) is 1.88. The summed E-state index contributed by atoms with van der Waals surface area (Å²) in [6, 6.07) is 5.60. The SMILES string of the molecule is CCC(N)c1ncc(-c2ccc(OC)cc2OC)[nH]1. The summed E-state index contributed by atoms with van der Waals surface area (Å²) in [5.74, 6) is 2.28. The molecule has 1 heterocycles. The van der Waals surface area contributed by atoms with Crippen LogP contribution in [-0.4, -0.2) is 24.2 Å². The van der Waals surface area contributed by atoms with E-state index in [-0.39, 0.29) is 6.04 Å². The lowest BCUT2D eigenvalue weighted by Gasteiger charge is -2.09. The van der Waals surface area contributed by atoms with Gasteiger partial charge in [-0.3, -0.25) is 0 Å². The van der Waals surface area contributed by atoms with E-state index in [9.17, 15) is 0 Å². The zero-order valence-corrected chi connectivity index (χ0v) is 11.4. The van der Waals surface area contributed by atoms with Crippen LogP contribution in [0.3, 0.4) is 0 Å². The van der Waals surface area contributed by atoms with Crippen molar-refractivity contribution in [3.05, 3.63) is 30.2 Å². The summed E-state index contributed by atoms with van der Waals surface area (Å²) in [7, 11) is 3.26. The van der Waals surface area contributed by atoms with Crippen molar-refractivity contribution < 1.29 is 9.47 Å². The molecular weight excluding hydrogens is 242 g/mol. The lowest BCUT2D eigenvalue weighted by Crippen LogP contribution is -2.10. The zero-order valence-electron chi connectivity index (χ0n) is 11.4. The van der Waals surface area contributed by atoms with E-state index in [1.54, 1.807) is 20.4 Å². The Morgan fingerprint density at radius 1 is 1.32 bits per heavy atom. The first kappa shape index (κ1) is 13.4. The molecule has 1 atom stereocenters. The summed E-state index contributed by atoms with van der Waals surface area (Å²) in [5.41, 5.74) is 7.78. The van der Waals surface area contributed by atoms with Crippen LogP contribution in [0.15, 0.2) is 24.4 Å². The first-order chi connectivity index (χ1) is 9.19. The molecule has 2 aromatic rings. The molecule has 0 saturated heterocycles. The average Bonchev–Trinajstić information content (AvgIpc) is 2.95. The van der Waals surface area contributed by atoms with E-state index in [1.807, 2.05) is 25.1 Å². The van der Waals surface area contributed by atoms with Crippen LogP contribution in [0, 0.1) is 0 Å². The maximum absolute atomic E-state index is 5.96. The normalized spacial score (nSPS) is 12.2. The molecule has 0 fully saturated rings. The van der Waals surface area contributed by atoms with Crippen molar-refractivity contribution in [2.75, 3.05) is 14.2 Å². The Hall–Kier alpha value is -2.01. The topological polar surface area (TPSA) is 73.2 Å². The molecule has 0 saturated carbocycles. The fourth-order valence-electron chi connectivity index (χ4n) is 1.88. The van der Waals surface area contributed by atoms with Crippen molar-refractivity contribution in [3.63, 3.8) is 0 Å². The number of benzene rings is 1. The van der Waals surface area contributed by atoms with Gasteiger partial charge in [0.25, 0.3) is 0 Å². The molecule has 0 spiro atoms. The highest BCUT2D eigenvalue weighted by atomic mass is 16.5. The molecule has 3 N–H and O–H groups in total. The summed E-state index contributed by atoms with van der Waals surface area (Å²) in [5, 5.41) is 0. The Bertz CT molecular complexity index is 551. The lowest BCUT2D eigenvalue weighted by atomic mass is 10.1. The van der Waals surface area contributed by atoms with E-state index in [1.165, 1.54) is 0 Å². The van der Waals surface area contributed by atoms with Gasteiger partial charge in [0.1, 0.15) is 17.3 Å². The molecule has 1 unspecified atom stereocenters. The molecule has 0 bridgehead atoms. The number of nitrogens with zero attached hydrogens (tertiary/aromatic N) is 1. The van der Waals surface area contributed by atoms with Gasteiger partial charge in [-0.2, -0.15) is 0 Å². The van der Waals surface area contributed by atoms with E-state index >= 15 is 0 Å². The van der Waals surface area contributed by atoms with Crippen LogP contribution >= 0.6 is 0 Å². The summed E-state index contributed by atoms with van der Waals surface area (Å²) < 4.78 is 10.6. The number of nitrogens with one attached hydrogen (secondary N) is 1. The molecule has 5 heteroatoms. The maximum atomic E-state index is 5.96. The van der Waals surface area contributed by atoms with Crippen LogP contribution < -0.4 is 15.2 Å². The van der Waals surface area contributed by atoms with Crippen LogP contribution in [0.5, 0.6) is 11.5 Å².